The second-order valence-corrected chi connectivity index (χ2v) is 7.11. The van der Waals surface area contributed by atoms with Crippen molar-refractivity contribution in [2.75, 3.05) is 6.54 Å². The van der Waals surface area contributed by atoms with Crippen LogP contribution in [0, 0.1) is 6.92 Å². The first-order valence-electron chi connectivity index (χ1n) is 7.59. The van der Waals surface area contributed by atoms with E-state index in [0.29, 0.717) is 6.42 Å². The van der Waals surface area contributed by atoms with Gasteiger partial charge >= 0.3 is 0 Å². The maximum atomic E-state index is 12.9. The van der Waals surface area contributed by atoms with E-state index in [1.807, 2.05) is 27.0 Å². The Bertz CT molecular complexity index is 571. The molecule has 0 saturated carbocycles. The fourth-order valence-corrected chi connectivity index (χ4v) is 4.26. The molecule has 0 spiro atoms. The molecule has 0 bridgehead atoms. The number of nitrogens with zero attached hydrogens (tertiary/aromatic N) is 3. The van der Waals surface area contributed by atoms with Gasteiger partial charge in [-0.05, 0) is 33.1 Å². The van der Waals surface area contributed by atoms with Gasteiger partial charge < -0.3 is 9.80 Å². The zero-order valence-electron chi connectivity index (χ0n) is 12.7. The zero-order valence-corrected chi connectivity index (χ0v) is 13.5. The first-order valence-corrected chi connectivity index (χ1v) is 8.41. The maximum Gasteiger partial charge on any atom is 0.246 e. The highest BCUT2D eigenvalue weighted by Gasteiger charge is 2.48. The molecule has 1 aromatic heterocycles. The van der Waals surface area contributed by atoms with Crippen molar-refractivity contribution in [2.24, 2.45) is 0 Å². The highest BCUT2D eigenvalue weighted by Crippen LogP contribution is 2.35. The molecule has 0 N–H and O–H groups in total. The molecule has 3 unspecified atom stereocenters. The van der Waals surface area contributed by atoms with Crippen LogP contribution in [0.3, 0.4) is 0 Å². The molecule has 2 amide bonds. The van der Waals surface area contributed by atoms with Crippen molar-refractivity contribution in [3.63, 3.8) is 0 Å². The smallest absolute Gasteiger partial charge is 0.246 e. The second-order valence-electron chi connectivity index (χ2n) is 5.84. The van der Waals surface area contributed by atoms with E-state index in [4.69, 9.17) is 0 Å². The molecule has 2 fully saturated rings. The SMILES string of the molecule is CCC1C(=O)N2CCCC2C(=O)N1C(C)c1ncc(C)s1. The minimum absolute atomic E-state index is 0.0966. The summed E-state index contributed by atoms with van der Waals surface area (Å²) in [6, 6.07) is -0.720. The number of aryl methyl sites for hydroxylation is 1. The number of hydrogen-bond acceptors (Lipinski definition) is 4. The summed E-state index contributed by atoms with van der Waals surface area (Å²) in [7, 11) is 0. The van der Waals surface area contributed by atoms with E-state index in [2.05, 4.69) is 4.98 Å². The average Bonchev–Trinajstić information content (AvgIpc) is 3.10. The van der Waals surface area contributed by atoms with Gasteiger partial charge in [0.2, 0.25) is 11.8 Å². The van der Waals surface area contributed by atoms with Crippen LogP contribution in [0.25, 0.3) is 0 Å². The number of carbonyl (C=O) groups excluding carboxylic acids is 2. The van der Waals surface area contributed by atoms with Crippen molar-refractivity contribution in [2.45, 2.75) is 58.2 Å². The molecular formula is C15H21N3O2S. The van der Waals surface area contributed by atoms with E-state index < -0.39 is 0 Å². The monoisotopic (exact) mass is 307 g/mol. The summed E-state index contributed by atoms with van der Waals surface area (Å²) in [4.78, 5) is 34.6. The Balaban J connectivity index is 1.94. The molecule has 2 saturated heterocycles. The van der Waals surface area contributed by atoms with Gasteiger partial charge in [-0.2, -0.15) is 0 Å². The van der Waals surface area contributed by atoms with Crippen molar-refractivity contribution in [1.82, 2.24) is 14.8 Å². The second kappa shape index (κ2) is 5.40. The van der Waals surface area contributed by atoms with Crippen LogP contribution in [0.4, 0.5) is 0 Å². The lowest BCUT2D eigenvalue weighted by Crippen LogP contribution is -2.62. The Morgan fingerprint density at radius 2 is 2.19 bits per heavy atom. The van der Waals surface area contributed by atoms with Crippen molar-refractivity contribution >= 4 is 23.2 Å². The van der Waals surface area contributed by atoms with E-state index >= 15 is 0 Å². The van der Waals surface area contributed by atoms with Gasteiger partial charge in [0.1, 0.15) is 17.1 Å². The van der Waals surface area contributed by atoms with Gasteiger partial charge in [-0.1, -0.05) is 6.92 Å². The van der Waals surface area contributed by atoms with E-state index in [1.54, 1.807) is 21.1 Å². The molecule has 3 heterocycles. The first-order chi connectivity index (χ1) is 10.0. The highest BCUT2D eigenvalue weighted by molar-refractivity contribution is 7.11. The summed E-state index contributed by atoms with van der Waals surface area (Å²) < 4.78 is 0. The van der Waals surface area contributed by atoms with Crippen LogP contribution in [-0.2, 0) is 9.59 Å². The van der Waals surface area contributed by atoms with E-state index in [-0.39, 0.29) is 29.9 Å². The summed E-state index contributed by atoms with van der Waals surface area (Å²) in [5, 5.41) is 0.915. The minimum Gasteiger partial charge on any atom is -0.329 e. The lowest BCUT2D eigenvalue weighted by Gasteiger charge is -2.44. The molecule has 114 valence electrons. The standard InChI is InChI=1S/C15H21N3O2S/c1-4-11-14(19)17-7-5-6-12(17)15(20)18(11)10(3)13-16-8-9(2)21-13/h8,10-12H,4-7H2,1-3H3. The third-order valence-electron chi connectivity index (χ3n) is 4.50. The van der Waals surface area contributed by atoms with E-state index in [9.17, 15) is 9.59 Å². The summed E-state index contributed by atoms with van der Waals surface area (Å²) in [6.45, 7) is 6.69. The van der Waals surface area contributed by atoms with Crippen LogP contribution in [0.2, 0.25) is 0 Å². The van der Waals surface area contributed by atoms with Crippen LogP contribution in [-0.4, -0.2) is 45.2 Å². The number of piperazine rings is 1. The van der Waals surface area contributed by atoms with Crippen molar-refractivity contribution in [3.8, 4) is 0 Å². The van der Waals surface area contributed by atoms with Crippen molar-refractivity contribution < 1.29 is 9.59 Å². The van der Waals surface area contributed by atoms with Crippen LogP contribution >= 0.6 is 11.3 Å². The number of aromatic nitrogens is 1. The van der Waals surface area contributed by atoms with Gasteiger partial charge in [-0.3, -0.25) is 9.59 Å². The Morgan fingerprint density at radius 3 is 2.81 bits per heavy atom. The van der Waals surface area contributed by atoms with E-state index in [1.165, 1.54) is 0 Å². The lowest BCUT2D eigenvalue weighted by molar-refractivity contribution is -0.162. The number of rotatable bonds is 3. The van der Waals surface area contributed by atoms with Crippen LogP contribution < -0.4 is 0 Å². The third kappa shape index (κ3) is 2.25. The topological polar surface area (TPSA) is 53.5 Å². The Morgan fingerprint density at radius 1 is 1.43 bits per heavy atom. The molecular weight excluding hydrogens is 286 g/mol. The molecule has 2 aliphatic heterocycles. The van der Waals surface area contributed by atoms with Crippen LogP contribution in [0.1, 0.15) is 49.0 Å². The molecule has 2 aliphatic rings. The number of hydrogen-bond donors (Lipinski definition) is 0. The molecule has 5 nitrogen and oxygen atoms in total. The third-order valence-corrected chi connectivity index (χ3v) is 5.58. The largest absolute Gasteiger partial charge is 0.329 e. The molecule has 1 aromatic rings. The number of amides is 2. The van der Waals surface area contributed by atoms with Crippen molar-refractivity contribution in [3.05, 3.63) is 16.1 Å². The Hall–Kier alpha value is -1.43. The summed E-state index contributed by atoms with van der Waals surface area (Å²) in [6.07, 6.45) is 4.20. The fraction of sp³-hybridized carbons (Fsp3) is 0.667. The quantitative estimate of drug-likeness (QED) is 0.859. The normalized spacial score (nSPS) is 27.2. The first kappa shape index (κ1) is 14.5. The number of fused-ring (bicyclic) bond motifs is 1. The van der Waals surface area contributed by atoms with Gasteiger partial charge in [-0.15, -0.1) is 11.3 Å². The van der Waals surface area contributed by atoms with Gasteiger partial charge in [0.05, 0.1) is 6.04 Å². The van der Waals surface area contributed by atoms with Gasteiger partial charge in [-0.25, -0.2) is 4.98 Å². The summed E-state index contributed by atoms with van der Waals surface area (Å²) in [5.41, 5.74) is 0. The average molecular weight is 307 g/mol. The molecule has 21 heavy (non-hydrogen) atoms. The Labute approximate surface area is 129 Å². The highest BCUT2D eigenvalue weighted by atomic mass is 32.1. The minimum atomic E-state index is -0.342. The molecule has 3 atom stereocenters. The molecule has 0 aromatic carbocycles. The summed E-state index contributed by atoms with van der Waals surface area (Å²) >= 11 is 1.60. The zero-order chi connectivity index (χ0) is 15.1. The fourth-order valence-electron chi connectivity index (χ4n) is 3.44. The van der Waals surface area contributed by atoms with Gasteiger partial charge in [0, 0.05) is 17.6 Å². The summed E-state index contributed by atoms with van der Waals surface area (Å²) in [5.74, 6) is 0.207. The van der Waals surface area contributed by atoms with Crippen LogP contribution in [0.15, 0.2) is 6.20 Å². The molecule has 0 radical (unpaired) electrons. The molecule has 0 aliphatic carbocycles. The molecule has 3 rings (SSSR count). The number of thiazole rings is 1. The predicted molar refractivity (Wildman–Crippen MR) is 80.9 cm³/mol. The molecule has 6 heteroatoms. The Kier molecular flexibility index (Phi) is 3.73. The van der Waals surface area contributed by atoms with E-state index in [0.717, 1.165) is 29.3 Å². The van der Waals surface area contributed by atoms with Crippen LogP contribution in [0.5, 0.6) is 0 Å². The van der Waals surface area contributed by atoms with Gasteiger partial charge in [0.15, 0.2) is 0 Å². The van der Waals surface area contributed by atoms with Gasteiger partial charge in [0.25, 0.3) is 0 Å². The van der Waals surface area contributed by atoms with Crippen molar-refractivity contribution in [1.29, 1.82) is 0 Å². The predicted octanol–water partition coefficient (Wildman–Crippen LogP) is 2.12. The number of carbonyl (C=O) groups is 2. The maximum absolute atomic E-state index is 12.9. The lowest BCUT2D eigenvalue weighted by atomic mass is 10.0.